The summed E-state index contributed by atoms with van der Waals surface area (Å²) in [6.45, 7) is 3.75. The molecule has 122 valence electrons. The molecule has 0 bridgehead atoms. The van der Waals surface area contributed by atoms with Gasteiger partial charge in [-0.15, -0.1) is 0 Å². The molecule has 4 nitrogen and oxygen atoms in total. The minimum absolute atomic E-state index is 0.285. The number of hydrogen-bond acceptors (Lipinski definition) is 2. The van der Waals surface area contributed by atoms with Crippen LogP contribution in [0.2, 0.25) is 0 Å². The van der Waals surface area contributed by atoms with Gasteiger partial charge in [-0.05, 0) is 48.8 Å². The van der Waals surface area contributed by atoms with Crippen LogP contribution in [-0.2, 0) is 11.2 Å². The quantitative estimate of drug-likeness (QED) is 0.598. The number of nitrogens with one attached hydrogen (secondary N) is 1. The molecule has 0 atom stereocenters. The van der Waals surface area contributed by atoms with E-state index in [9.17, 15) is 0 Å². The molecule has 1 aliphatic carbocycles. The van der Waals surface area contributed by atoms with Crippen LogP contribution in [0.5, 0.6) is 0 Å². The van der Waals surface area contributed by atoms with Crippen molar-refractivity contribution in [1.82, 2.24) is 0 Å². The summed E-state index contributed by atoms with van der Waals surface area (Å²) in [4.78, 5) is 4.61. The highest BCUT2D eigenvalue weighted by molar-refractivity contribution is 5.92. The number of nitrogens with zero attached hydrogens (tertiary/aromatic N) is 1. The van der Waals surface area contributed by atoms with Crippen LogP contribution in [0.4, 0.5) is 5.69 Å². The Bertz CT molecular complexity index is 493. The van der Waals surface area contributed by atoms with E-state index < -0.39 is 0 Å². The Kier molecular flexibility index (Phi) is 6.25. The van der Waals surface area contributed by atoms with E-state index in [1.807, 2.05) is 12.1 Å². The first-order chi connectivity index (χ1) is 10.7. The first-order valence-electron chi connectivity index (χ1n) is 8.32. The van der Waals surface area contributed by atoms with Crippen molar-refractivity contribution in [1.29, 1.82) is 0 Å². The lowest BCUT2D eigenvalue weighted by molar-refractivity contribution is 0.141. The molecule has 1 saturated carbocycles. The minimum atomic E-state index is 0.285. The lowest BCUT2D eigenvalue weighted by atomic mass is 9.83. The summed E-state index contributed by atoms with van der Waals surface area (Å²) in [5.41, 5.74) is 8.66. The average molecular weight is 303 g/mol. The highest BCUT2D eigenvalue weighted by Crippen LogP contribution is 2.41. The van der Waals surface area contributed by atoms with Crippen LogP contribution in [0.1, 0.15) is 44.6 Å². The molecule has 0 aliphatic heterocycles. The van der Waals surface area contributed by atoms with Crippen LogP contribution < -0.4 is 11.1 Å². The first-order valence-corrected chi connectivity index (χ1v) is 8.32. The number of ether oxygens (including phenoxy) is 1. The van der Waals surface area contributed by atoms with Gasteiger partial charge >= 0.3 is 0 Å². The second-order valence-corrected chi connectivity index (χ2v) is 6.33. The Morgan fingerprint density at radius 2 is 2.14 bits per heavy atom. The van der Waals surface area contributed by atoms with E-state index in [0.29, 0.717) is 5.96 Å². The van der Waals surface area contributed by atoms with Crippen LogP contribution >= 0.6 is 0 Å². The predicted molar refractivity (Wildman–Crippen MR) is 93.3 cm³/mol. The molecule has 0 heterocycles. The van der Waals surface area contributed by atoms with Gasteiger partial charge < -0.3 is 15.8 Å². The average Bonchev–Trinajstić information content (AvgIpc) is 3.00. The number of aryl methyl sites for hydroxylation is 1. The number of aliphatic imine (C=N–C) groups is 1. The maximum Gasteiger partial charge on any atom is 0.193 e. The smallest absolute Gasteiger partial charge is 0.193 e. The molecular weight excluding hydrogens is 274 g/mol. The van der Waals surface area contributed by atoms with E-state index in [1.54, 1.807) is 7.11 Å². The van der Waals surface area contributed by atoms with Crippen molar-refractivity contribution in [2.75, 3.05) is 25.6 Å². The largest absolute Gasteiger partial charge is 0.385 e. The van der Waals surface area contributed by atoms with Crippen LogP contribution in [0.25, 0.3) is 0 Å². The van der Waals surface area contributed by atoms with Crippen molar-refractivity contribution in [2.45, 2.75) is 45.4 Å². The van der Waals surface area contributed by atoms with Gasteiger partial charge in [-0.1, -0.05) is 31.9 Å². The highest BCUT2D eigenvalue weighted by Gasteiger charge is 2.33. The van der Waals surface area contributed by atoms with E-state index in [0.717, 1.165) is 31.7 Å². The fraction of sp³-hybridized carbons (Fsp3) is 0.611. The highest BCUT2D eigenvalue weighted by atomic mass is 16.5. The Labute approximate surface area is 134 Å². The second kappa shape index (κ2) is 8.18. The van der Waals surface area contributed by atoms with Crippen LogP contribution in [0, 0.1) is 5.41 Å². The van der Waals surface area contributed by atoms with Crippen molar-refractivity contribution in [3.63, 3.8) is 0 Å². The van der Waals surface area contributed by atoms with Crippen LogP contribution in [-0.4, -0.2) is 26.2 Å². The van der Waals surface area contributed by atoms with E-state index >= 15 is 0 Å². The molecule has 0 saturated heterocycles. The third kappa shape index (κ3) is 4.73. The van der Waals surface area contributed by atoms with E-state index in [-0.39, 0.29) is 5.41 Å². The monoisotopic (exact) mass is 303 g/mol. The maximum absolute atomic E-state index is 6.07. The fourth-order valence-corrected chi connectivity index (χ4v) is 3.24. The number of anilines is 1. The number of nitrogens with two attached hydrogens (primary N) is 1. The zero-order valence-corrected chi connectivity index (χ0v) is 13.9. The number of hydrogen-bond donors (Lipinski definition) is 2. The molecule has 3 N–H and O–H groups in total. The minimum Gasteiger partial charge on any atom is -0.385 e. The predicted octanol–water partition coefficient (Wildman–Crippen LogP) is 3.57. The van der Waals surface area contributed by atoms with Gasteiger partial charge in [-0.2, -0.15) is 0 Å². The van der Waals surface area contributed by atoms with E-state index in [1.165, 1.54) is 31.2 Å². The molecule has 1 aliphatic rings. The standard InChI is InChI=1S/C18H29N3O/c1-3-15-7-6-8-16(13-15)21-17(19)20-14-18(11-12-22-2)9-4-5-10-18/h6-8,13H,3-5,9-12,14H2,1-2H3,(H3,19,20,21). The van der Waals surface area contributed by atoms with Crippen molar-refractivity contribution in [3.05, 3.63) is 29.8 Å². The summed E-state index contributed by atoms with van der Waals surface area (Å²) in [5, 5.41) is 3.21. The Hall–Kier alpha value is -1.55. The summed E-state index contributed by atoms with van der Waals surface area (Å²) < 4.78 is 5.26. The van der Waals surface area contributed by atoms with Crippen molar-refractivity contribution >= 4 is 11.6 Å². The summed E-state index contributed by atoms with van der Waals surface area (Å²) in [6, 6.07) is 8.32. The molecule has 1 fully saturated rings. The summed E-state index contributed by atoms with van der Waals surface area (Å²) >= 11 is 0. The Morgan fingerprint density at radius 3 is 2.82 bits per heavy atom. The van der Waals surface area contributed by atoms with Gasteiger partial charge in [0.05, 0.1) is 0 Å². The Balaban J connectivity index is 1.95. The van der Waals surface area contributed by atoms with Gasteiger partial charge in [0.25, 0.3) is 0 Å². The molecule has 22 heavy (non-hydrogen) atoms. The van der Waals surface area contributed by atoms with Crippen molar-refractivity contribution in [2.24, 2.45) is 16.1 Å². The van der Waals surface area contributed by atoms with Crippen molar-refractivity contribution in [3.8, 4) is 0 Å². The molecule has 0 spiro atoms. The first kappa shape index (κ1) is 16.8. The zero-order chi connectivity index (χ0) is 15.8. The number of guanidine groups is 1. The summed E-state index contributed by atoms with van der Waals surface area (Å²) in [6.07, 6.45) is 7.16. The molecule has 2 rings (SSSR count). The van der Waals surface area contributed by atoms with Gasteiger partial charge in [0.1, 0.15) is 0 Å². The normalized spacial score (nSPS) is 17.6. The fourth-order valence-electron chi connectivity index (χ4n) is 3.24. The second-order valence-electron chi connectivity index (χ2n) is 6.33. The maximum atomic E-state index is 6.07. The topological polar surface area (TPSA) is 59.6 Å². The molecule has 0 radical (unpaired) electrons. The zero-order valence-electron chi connectivity index (χ0n) is 13.9. The molecule has 0 amide bonds. The van der Waals surface area contributed by atoms with Crippen molar-refractivity contribution < 1.29 is 4.74 Å². The molecule has 0 unspecified atom stereocenters. The Morgan fingerprint density at radius 1 is 1.36 bits per heavy atom. The lowest BCUT2D eigenvalue weighted by Crippen LogP contribution is -2.28. The summed E-state index contributed by atoms with van der Waals surface area (Å²) in [7, 11) is 1.77. The molecule has 1 aromatic carbocycles. The number of benzene rings is 1. The van der Waals surface area contributed by atoms with Gasteiger partial charge in [-0.25, -0.2) is 0 Å². The third-order valence-electron chi connectivity index (χ3n) is 4.69. The molecule has 1 aromatic rings. The number of rotatable bonds is 7. The van der Waals surface area contributed by atoms with Gasteiger partial charge in [0, 0.05) is 25.9 Å². The number of methoxy groups -OCH3 is 1. The molecule has 0 aromatic heterocycles. The van der Waals surface area contributed by atoms with Crippen LogP contribution in [0.3, 0.4) is 0 Å². The summed E-state index contributed by atoms with van der Waals surface area (Å²) in [5.74, 6) is 0.511. The molecule has 4 heteroatoms. The lowest BCUT2D eigenvalue weighted by Gasteiger charge is -2.26. The van der Waals surface area contributed by atoms with Gasteiger partial charge in [-0.3, -0.25) is 4.99 Å². The van der Waals surface area contributed by atoms with Crippen LogP contribution in [0.15, 0.2) is 29.3 Å². The van der Waals surface area contributed by atoms with Gasteiger partial charge in [0.15, 0.2) is 5.96 Å². The SMILES string of the molecule is CCc1cccc(NC(N)=NCC2(CCOC)CCCC2)c1. The van der Waals surface area contributed by atoms with E-state index in [2.05, 4.69) is 29.4 Å². The van der Waals surface area contributed by atoms with E-state index in [4.69, 9.17) is 10.5 Å². The molecular formula is C18H29N3O. The van der Waals surface area contributed by atoms with Gasteiger partial charge in [0.2, 0.25) is 0 Å². The third-order valence-corrected chi connectivity index (χ3v) is 4.69.